The summed E-state index contributed by atoms with van der Waals surface area (Å²) >= 11 is 0. The molecule has 37 heavy (non-hydrogen) atoms. The molecule has 1 atom stereocenters. The molecule has 0 saturated heterocycles. The molecule has 0 saturated carbocycles. The molecule has 0 heterocycles. The number of ether oxygens (including phenoxy) is 1. The van der Waals surface area contributed by atoms with Gasteiger partial charge in [-0.25, -0.2) is 0 Å². The van der Waals surface area contributed by atoms with Gasteiger partial charge in [0.05, 0.1) is 22.2 Å². The molecule has 11 nitrogen and oxygen atoms in total. The number of nitrogens with one attached hydrogen (secondary N) is 2. The van der Waals surface area contributed by atoms with Crippen molar-refractivity contribution < 1.29 is 35.5 Å². The molecule has 0 aliphatic carbocycles. The molecule has 2 aromatic carbocycles. The van der Waals surface area contributed by atoms with Crippen LogP contribution in [0.5, 0.6) is 0 Å². The number of esters is 1. The van der Waals surface area contributed by atoms with Gasteiger partial charge in [-0.3, -0.25) is 19.3 Å². The second kappa shape index (κ2) is 16.8. The smallest absolute Gasteiger partial charge is 0.322 e. The molecule has 0 bridgehead atoms. The normalized spacial score (nSPS) is 11.6. The summed E-state index contributed by atoms with van der Waals surface area (Å²) in [6, 6.07) is 11.5. The first-order valence-electron chi connectivity index (χ1n) is 11.4. The highest BCUT2D eigenvalue weighted by atomic mass is 32.2. The van der Waals surface area contributed by atoms with Crippen molar-refractivity contribution in [3.05, 3.63) is 59.7 Å². The summed E-state index contributed by atoms with van der Waals surface area (Å²) in [6.45, 7) is 8.28. The highest BCUT2D eigenvalue weighted by Gasteiger charge is 2.13. The van der Waals surface area contributed by atoms with E-state index >= 15 is 0 Å². The number of aryl methyl sites for hydroxylation is 2. The zero-order valence-corrected chi connectivity index (χ0v) is 23.1. The van der Waals surface area contributed by atoms with Gasteiger partial charge < -0.3 is 15.8 Å². The first-order valence-corrected chi connectivity index (χ1v) is 14.3. The Kier molecular flexibility index (Phi) is 15.5. The van der Waals surface area contributed by atoms with E-state index < -0.39 is 26.3 Å². The van der Waals surface area contributed by atoms with Crippen LogP contribution in [0.2, 0.25) is 0 Å². The molecular weight excluding hydrogens is 522 g/mol. The van der Waals surface area contributed by atoms with Crippen molar-refractivity contribution in [1.29, 1.82) is 5.41 Å². The molecule has 208 valence electrons. The summed E-state index contributed by atoms with van der Waals surface area (Å²) in [6.07, 6.45) is 2.40. The van der Waals surface area contributed by atoms with Crippen molar-refractivity contribution in [3.8, 4) is 0 Å². The van der Waals surface area contributed by atoms with Gasteiger partial charge >= 0.3 is 5.97 Å². The van der Waals surface area contributed by atoms with Crippen molar-refractivity contribution in [1.82, 2.24) is 5.32 Å². The summed E-state index contributed by atoms with van der Waals surface area (Å²) in [4.78, 5) is 11.0. The number of carbonyl (C=O) groups is 1. The lowest BCUT2D eigenvalue weighted by Gasteiger charge is -2.10. The molecule has 0 amide bonds. The van der Waals surface area contributed by atoms with Crippen molar-refractivity contribution in [2.24, 2.45) is 5.73 Å². The highest BCUT2D eigenvalue weighted by Crippen LogP contribution is 2.09. The third-order valence-corrected chi connectivity index (χ3v) is 6.29. The van der Waals surface area contributed by atoms with Gasteiger partial charge in [-0.05, 0) is 71.2 Å². The third-order valence-electron chi connectivity index (χ3n) is 4.56. The van der Waals surface area contributed by atoms with E-state index in [2.05, 4.69) is 5.32 Å². The molecule has 0 radical (unpaired) electrons. The Morgan fingerprint density at radius 1 is 0.919 bits per heavy atom. The number of benzene rings is 2. The third kappa shape index (κ3) is 16.5. The predicted molar refractivity (Wildman–Crippen MR) is 142 cm³/mol. The summed E-state index contributed by atoms with van der Waals surface area (Å²) in [5.74, 6) is 0.137. The van der Waals surface area contributed by atoms with E-state index in [0.29, 0.717) is 18.9 Å². The standard InChI is InChI=1S/C10H21N3O2.2C7H8O3S/c1-3-15-10(14)9(12)6-4-5-7-13-8(2)11;2*1-6-2-4-7(5-3-6)11(8,9)10/h9H,3-7,12H2,1-2H3,(H2,11,13);2*2-5H,1H3,(H,8,9,10). The van der Waals surface area contributed by atoms with Crippen molar-refractivity contribution in [2.45, 2.75) is 62.8 Å². The fourth-order valence-electron chi connectivity index (χ4n) is 2.55. The Morgan fingerprint density at radius 3 is 1.65 bits per heavy atom. The van der Waals surface area contributed by atoms with Crippen LogP contribution in [0.25, 0.3) is 0 Å². The van der Waals surface area contributed by atoms with Crippen molar-refractivity contribution >= 4 is 32.0 Å². The molecule has 0 spiro atoms. The number of amidine groups is 1. The van der Waals surface area contributed by atoms with Crippen LogP contribution < -0.4 is 11.1 Å². The van der Waals surface area contributed by atoms with Gasteiger partial charge in [-0.15, -0.1) is 0 Å². The largest absolute Gasteiger partial charge is 0.465 e. The number of hydrogen-bond acceptors (Lipinski definition) is 8. The molecule has 6 N–H and O–H groups in total. The molecule has 0 aromatic heterocycles. The van der Waals surface area contributed by atoms with Crippen LogP contribution in [0.4, 0.5) is 0 Å². The van der Waals surface area contributed by atoms with Crippen LogP contribution in [0.1, 0.15) is 44.2 Å². The zero-order valence-electron chi connectivity index (χ0n) is 21.5. The van der Waals surface area contributed by atoms with E-state index in [9.17, 15) is 21.6 Å². The van der Waals surface area contributed by atoms with E-state index in [1.54, 1.807) is 38.1 Å². The van der Waals surface area contributed by atoms with E-state index in [4.69, 9.17) is 25.0 Å². The maximum atomic E-state index is 11.1. The first-order chi connectivity index (χ1) is 17.1. The van der Waals surface area contributed by atoms with E-state index in [0.717, 1.165) is 30.5 Å². The van der Waals surface area contributed by atoms with Crippen molar-refractivity contribution in [3.63, 3.8) is 0 Å². The number of carbonyl (C=O) groups excluding carboxylic acids is 1. The monoisotopic (exact) mass is 559 g/mol. The Balaban J connectivity index is 0.000000534. The number of hydrogen-bond donors (Lipinski definition) is 5. The zero-order chi connectivity index (χ0) is 28.6. The van der Waals surface area contributed by atoms with Gasteiger partial charge in [0.15, 0.2) is 0 Å². The fraction of sp³-hybridized carbons (Fsp3) is 0.417. The lowest BCUT2D eigenvalue weighted by atomic mass is 10.1. The SMILES string of the molecule is CCOC(=O)C(N)CCCCNC(C)=N.Cc1ccc(S(=O)(=O)O)cc1.Cc1ccc(S(=O)(=O)O)cc1. The minimum atomic E-state index is -4.02. The Bertz CT molecular complexity index is 1110. The number of nitrogens with two attached hydrogens (primary N) is 1. The molecule has 0 fully saturated rings. The predicted octanol–water partition coefficient (Wildman–Crippen LogP) is 3.12. The molecular formula is C24H37N3O8S2. The minimum Gasteiger partial charge on any atom is -0.465 e. The van der Waals surface area contributed by atoms with Gasteiger partial charge in [0.2, 0.25) is 0 Å². The molecule has 0 aliphatic heterocycles. The lowest BCUT2D eigenvalue weighted by Crippen LogP contribution is -2.32. The van der Waals surface area contributed by atoms with Gasteiger partial charge in [-0.2, -0.15) is 16.8 Å². The van der Waals surface area contributed by atoms with E-state index in [1.807, 2.05) is 13.8 Å². The average molecular weight is 560 g/mol. The van der Waals surface area contributed by atoms with Crippen LogP contribution in [-0.2, 0) is 29.8 Å². The number of rotatable bonds is 9. The van der Waals surface area contributed by atoms with Crippen LogP contribution in [0.3, 0.4) is 0 Å². The van der Waals surface area contributed by atoms with Gasteiger partial charge in [0.25, 0.3) is 20.2 Å². The summed E-state index contributed by atoms with van der Waals surface area (Å²) in [5, 5.41) is 10.0. The average Bonchev–Trinajstić information content (AvgIpc) is 2.79. The first kappa shape index (κ1) is 34.2. The van der Waals surface area contributed by atoms with Crippen LogP contribution >= 0.6 is 0 Å². The minimum absolute atomic E-state index is 0.0666. The number of unbranched alkanes of at least 4 members (excludes halogenated alkanes) is 1. The fourth-order valence-corrected chi connectivity index (χ4v) is 3.51. The van der Waals surface area contributed by atoms with Gasteiger partial charge in [0, 0.05) is 6.54 Å². The van der Waals surface area contributed by atoms with Crippen LogP contribution in [0.15, 0.2) is 58.3 Å². The highest BCUT2D eigenvalue weighted by molar-refractivity contribution is 7.86. The van der Waals surface area contributed by atoms with Crippen molar-refractivity contribution in [2.75, 3.05) is 13.2 Å². The van der Waals surface area contributed by atoms with Gasteiger partial charge in [-0.1, -0.05) is 35.4 Å². The molecule has 2 aromatic rings. The second-order valence-electron chi connectivity index (χ2n) is 7.98. The van der Waals surface area contributed by atoms with E-state index in [-0.39, 0.29) is 15.8 Å². The quantitative estimate of drug-likeness (QED) is 0.100. The van der Waals surface area contributed by atoms with Gasteiger partial charge in [0.1, 0.15) is 6.04 Å². The summed E-state index contributed by atoms with van der Waals surface area (Å²) in [5.41, 5.74) is 7.52. The Morgan fingerprint density at radius 2 is 1.32 bits per heavy atom. The van der Waals surface area contributed by atoms with Crippen LogP contribution in [0, 0.1) is 19.3 Å². The summed E-state index contributed by atoms with van der Waals surface area (Å²) < 4.78 is 63.9. The maximum Gasteiger partial charge on any atom is 0.322 e. The summed E-state index contributed by atoms with van der Waals surface area (Å²) in [7, 11) is -8.04. The second-order valence-corrected chi connectivity index (χ2v) is 10.8. The molecule has 1 unspecified atom stereocenters. The molecule has 0 aliphatic rings. The Hall–Kier alpha value is -2.84. The van der Waals surface area contributed by atoms with Crippen LogP contribution in [-0.4, -0.2) is 56.9 Å². The molecule has 13 heteroatoms. The Labute approximate surface area is 219 Å². The lowest BCUT2D eigenvalue weighted by molar-refractivity contribution is -0.144. The molecule has 2 rings (SSSR count). The maximum absolute atomic E-state index is 11.1. The van der Waals surface area contributed by atoms with E-state index in [1.165, 1.54) is 24.3 Å². The topological polar surface area (TPSA) is 197 Å².